The summed E-state index contributed by atoms with van der Waals surface area (Å²) in [5.41, 5.74) is 0. The zero-order valence-electron chi connectivity index (χ0n) is 6.95. The van der Waals surface area contributed by atoms with Gasteiger partial charge in [-0.3, -0.25) is 0 Å². The molecule has 0 spiro atoms. The standard InChI is InChI=1S/C7H12O2S3/c1-11-7(10)9-6-2-4-12(8)5-3-6/h6H,2-5H2,1H3. The molecule has 0 amide bonds. The highest BCUT2D eigenvalue weighted by Gasteiger charge is 2.23. The molecule has 1 fully saturated rings. The smallest absolute Gasteiger partial charge is 0.219 e. The van der Waals surface area contributed by atoms with Gasteiger partial charge in [-0.25, -0.2) is 0 Å². The predicted octanol–water partition coefficient (Wildman–Crippen LogP) is 1.56. The Balaban J connectivity index is 2.21. The highest BCUT2D eigenvalue weighted by molar-refractivity contribution is 8.22. The molecular weight excluding hydrogens is 212 g/mol. The van der Waals surface area contributed by atoms with E-state index in [0.29, 0.717) is 4.38 Å². The van der Waals surface area contributed by atoms with Crippen molar-refractivity contribution in [1.82, 2.24) is 0 Å². The minimum Gasteiger partial charge on any atom is -0.616 e. The number of hydrogen-bond donors (Lipinski definition) is 0. The molecule has 0 aromatic rings. The van der Waals surface area contributed by atoms with E-state index >= 15 is 0 Å². The number of ether oxygens (including phenoxy) is 1. The first-order valence-corrected chi connectivity index (χ1v) is 6.94. The van der Waals surface area contributed by atoms with Crippen molar-refractivity contribution in [2.75, 3.05) is 17.8 Å². The predicted molar refractivity (Wildman–Crippen MR) is 58.1 cm³/mol. The minimum absolute atomic E-state index is 0.211. The molecule has 1 aliphatic rings. The van der Waals surface area contributed by atoms with Crippen LogP contribution in [0.2, 0.25) is 0 Å². The van der Waals surface area contributed by atoms with Crippen LogP contribution >= 0.6 is 24.0 Å². The van der Waals surface area contributed by atoms with Crippen LogP contribution in [0.3, 0.4) is 0 Å². The van der Waals surface area contributed by atoms with E-state index in [1.54, 1.807) is 0 Å². The lowest BCUT2D eigenvalue weighted by molar-refractivity contribution is 0.188. The third-order valence-corrected chi connectivity index (χ3v) is 4.17. The van der Waals surface area contributed by atoms with Gasteiger partial charge >= 0.3 is 0 Å². The molecule has 0 unspecified atom stereocenters. The van der Waals surface area contributed by atoms with E-state index in [1.165, 1.54) is 11.8 Å². The normalized spacial score (nSPS) is 29.8. The van der Waals surface area contributed by atoms with Gasteiger partial charge in [-0.1, -0.05) is 22.9 Å². The number of thiocarbonyl (C=S) groups is 1. The molecule has 70 valence electrons. The van der Waals surface area contributed by atoms with E-state index in [0.717, 1.165) is 24.3 Å². The van der Waals surface area contributed by atoms with E-state index in [4.69, 9.17) is 17.0 Å². The van der Waals surface area contributed by atoms with Crippen LogP contribution in [0.4, 0.5) is 0 Å². The first kappa shape index (κ1) is 10.6. The molecule has 0 atom stereocenters. The van der Waals surface area contributed by atoms with Crippen molar-refractivity contribution in [3.05, 3.63) is 0 Å². The van der Waals surface area contributed by atoms with Gasteiger partial charge in [0.15, 0.2) is 0 Å². The quantitative estimate of drug-likeness (QED) is 0.500. The van der Waals surface area contributed by atoms with Gasteiger partial charge in [-0.15, -0.1) is 0 Å². The Labute approximate surface area is 85.6 Å². The van der Waals surface area contributed by atoms with Gasteiger partial charge < -0.3 is 9.29 Å². The van der Waals surface area contributed by atoms with Crippen molar-refractivity contribution in [3.8, 4) is 0 Å². The molecular formula is C7H12O2S3. The van der Waals surface area contributed by atoms with Crippen LogP contribution in [-0.4, -0.2) is 32.8 Å². The Morgan fingerprint density at radius 1 is 1.58 bits per heavy atom. The molecule has 1 saturated heterocycles. The zero-order valence-corrected chi connectivity index (χ0v) is 9.40. The molecule has 2 nitrogen and oxygen atoms in total. The second-order valence-electron chi connectivity index (χ2n) is 2.62. The third-order valence-electron chi connectivity index (χ3n) is 1.76. The second-order valence-corrected chi connectivity index (χ2v) is 5.72. The summed E-state index contributed by atoms with van der Waals surface area (Å²) >= 11 is 5.78. The van der Waals surface area contributed by atoms with Crippen LogP contribution < -0.4 is 0 Å². The van der Waals surface area contributed by atoms with Gasteiger partial charge in [0, 0.05) is 12.8 Å². The highest BCUT2D eigenvalue weighted by atomic mass is 32.2. The van der Waals surface area contributed by atoms with Crippen LogP contribution in [0.1, 0.15) is 12.8 Å². The van der Waals surface area contributed by atoms with Crippen molar-refractivity contribution in [1.29, 1.82) is 0 Å². The lowest BCUT2D eigenvalue weighted by atomic mass is 10.2. The van der Waals surface area contributed by atoms with Crippen LogP contribution in [0.15, 0.2) is 0 Å². The van der Waals surface area contributed by atoms with E-state index in [9.17, 15) is 4.55 Å². The first-order chi connectivity index (χ1) is 5.72. The molecule has 0 radical (unpaired) electrons. The van der Waals surface area contributed by atoms with Gasteiger partial charge in [0.05, 0.1) is 0 Å². The highest BCUT2D eigenvalue weighted by Crippen LogP contribution is 2.17. The Morgan fingerprint density at radius 2 is 2.17 bits per heavy atom. The lowest BCUT2D eigenvalue weighted by Crippen LogP contribution is -2.29. The molecule has 0 aromatic carbocycles. The summed E-state index contributed by atoms with van der Waals surface area (Å²) in [5, 5.41) is 0. The summed E-state index contributed by atoms with van der Waals surface area (Å²) < 4.78 is 17.0. The van der Waals surface area contributed by atoms with Crippen LogP contribution in [-0.2, 0) is 15.9 Å². The van der Waals surface area contributed by atoms with E-state index < -0.39 is 11.2 Å². The Hall–Kier alpha value is 0.550. The average molecular weight is 224 g/mol. The summed E-state index contributed by atoms with van der Waals surface area (Å²) in [4.78, 5) is 0. The maximum absolute atomic E-state index is 11.0. The number of thioether (sulfide) groups is 1. The third kappa shape index (κ3) is 3.51. The number of rotatable bonds is 1. The topological polar surface area (TPSA) is 32.3 Å². The second kappa shape index (κ2) is 5.32. The Morgan fingerprint density at radius 3 is 2.67 bits per heavy atom. The van der Waals surface area contributed by atoms with Gasteiger partial charge in [0.2, 0.25) is 4.38 Å². The minimum atomic E-state index is -0.608. The zero-order chi connectivity index (χ0) is 8.97. The molecule has 0 aromatic heterocycles. The van der Waals surface area contributed by atoms with Gasteiger partial charge in [0.1, 0.15) is 17.6 Å². The fourth-order valence-corrected chi connectivity index (χ4v) is 2.70. The van der Waals surface area contributed by atoms with Crippen molar-refractivity contribution in [3.63, 3.8) is 0 Å². The van der Waals surface area contributed by atoms with Crippen molar-refractivity contribution in [2.24, 2.45) is 0 Å². The molecule has 0 bridgehead atoms. The summed E-state index contributed by atoms with van der Waals surface area (Å²) in [5.74, 6) is 1.53. The van der Waals surface area contributed by atoms with Crippen LogP contribution in [0.25, 0.3) is 0 Å². The van der Waals surface area contributed by atoms with Gasteiger partial charge in [0.25, 0.3) is 0 Å². The molecule has 0 aliphatic carbocycles. The molecule has 0 N–H and O–H groups in total. The molecule has 1 aliphatic heterocycles. The van der Waals surface area contributed by atoms with Crippen molar-refractivity contribution < 1.29 is 9.29 Å². The fourth-order valence-electron chi connectivity index (χ4n) is 1.07. The van der Waals surface area contributed by atoms with E-state index in [2.05, 4.69) is 0 Å². The van der Waals surface area contributed by atoms with Crippen molar-refractivity contribution >= 4 is 39.5 Å². The molecule has 1 heterocycles. The summed E-state index contributed by atoms with van der Waals surface area (Å²) in [6.07, 6.45) is 3.88. The van der Waals surface area contributed by atoms with Gasteiger partial charge in [-0.05, 0) is 18.5 Å². The van der Waals surface area contributed by atoms with E-state index in [-0.39, 0.29) is 6.10 Å². The molecule has 1 rings (SSSR count). The van der Waals surface area contributed by atoms with Crippen LogP contribution in [0, 0.1) is 0 Å². The Kier molecular flexibility index (Phi) is 4.71. The maximum atomic E-state index is 11.0. The van der Waals surface area contributed by atoms with Crippen LogP contribution in [0.5, 0.6) is 0 Å². The monoisotopic (exact) mass is 224 g/mol. The fraction of sp³-hybridized carbons (Fsp3) is 0.857. The first-order valence-electron chi connectivity index (χ1n) is 3.82. The summed E-state index contributed by atoms with van der Waals surface area (Å²) in [6, 6.07) is 0. The number of hydrogen-bond acceptors (Lipinski definition) is 4. The molecule has 5 heteroatoms. The largest absolute Gasteiger partial charge is 0.616 e. The van der Waals surface area contributed by atoms with Crippen molar-refractivity contribution in [2.45, 2.75) is 18.9 Å². The maximum Gasteiger partial charge on any atom is 0.219 e. The molecule has 12 heavy (non-hydrogen) atoms. The Bertz CT molecular complexity index is 155. The van der Waals surface area contributed by atoms with E-state index in [1.807, 2.05) is 6.26 Å². The summed E-state index contributed by atoms with van der Waals surface area (Å²) in [6.45, 7) is 0. The lowest BCUT2D eigenvalue weighted by Gasteiger charge is -2.24. The average Bonchev–Trinajstić information content (AvgIpc) is 2.09. The summed E-state index contributed by atoms with van der Waals surface area (Å²) in [7, 11) is 0. The molecule has 0 saturated carbocycles. The SMILES string of the molecule is CSC(=S)OC1CC[S+]([O-])CC1. The van der Waals surface area contributed by atoms with Gasteiger partial charge in [-0.2, -0.15) is 0 Å².